The Bertz CT molecular complexity index is 1700. The van der Waals surface area contributed by atoms with Gasteiger partial charge in [-0.1, -0.05) is 73.8 Å². The molecule has 1 saturated heterocycles. The molecule has 0 saturated carbocycles. The normalized spacial score (nSPS) is 13.2. The van der Waals surface area contributed by atoms with Gasteiger partial charge in [-0.25, -0.2) is 0 Å². The van der Waals surface area contributed by atoms with E-state index in [2.05, 4.69) is 90.6 Å². The number of aromatic nitrogens is 1. The fourth-order valence-electron chi connectivity index (χ4n) is 7.38. The van der Waals surface area contributed by atoms with Crippen LogP contribution in [0.1, 0.15) is 102 Å². The van der Waals surface area contributed by atoms with Gasteiger partial charge in [0.05, 0.1) is 5.56 Å². The van der Waals surface area contributed by atoms with E-state index in [0.717, 1.165) is 75.4 Å². The summed E-state index contributed by atoms with van der Waals surface area (Å²) in [6, 6.07) is 22.4. The van der Waals surface area contributed by atoms with Gasteiger partial charge in [0.2, 0.25) is 0 Å². The Morgan fingerprint density at radius 2 is 1.39 bits per heavy atom. The molecule has 0 atom stereocenters. The lowest BCUT2D eigenvalue weighted by Gasteiger charge is -2.20. The molecule has 0 unspecified atom stereocenters. The Morgan fingerprint density at radius 3 is 2.08 bits per heavy atom. The monoisotopic (exact) mass is 674 g/mol. The van der Waals surface area contributed by atoms with Crippen molar-refractivity contribution in [2.45, 2.75) is 104 Å². The van der Waals surface area contributed by atoms with Gasteiger partial charge in [0.1, 0.15) is 6.07 Å². The molecule has 0 aliphatic carbocycles. The van der Waals surface area contributed by atoms with Crippen molar-refractivity contribution in [2.24, 2.45) is 0 Å². The first kappa shape index (κ1) is 36.8. The van der Waals surface area contributed by atoms with Crippen LogP contribution in [-0.2, 0) is 38.6 Å². The molecule has 1 N–H and O–H groups in total. The lowest BCUT2D eigenvalue weighted by atomic mass is 9.88. The van der Waals surface area contributed by atoms with Crippen molar-refractivity contribution < 1.29 is 0 Å². The van der Waals surface area contributed by atoms with Gasteiger partial charge in [-0.3, -0.25) is 9.88 Å². The van der Waals surface area contributed by atoms with Crippen LogP contribution in [0.5, 0.6) is 0 Å². The largest absolute Gasteiger partial charge is 0.317 e. The molecule has 258 valence electrons. The van der Waals surface area contributed by atoms with Gasteiger partial charge < -0.3 is 5.32 Å². The molecular weight excluding hydrogens is 620 g/mol. The summed E-state index contributed by atoms with van der Waals surface area (Å²) in [5, 5.41) is 13.8. The maximum Gasteiger partial charge on any atom is 0.101 e. The molecule has 0 bridgehead atoms. The average Bonchev–Trinajstić information content (AvgIpc) is 3.63. The number of aryl methyl sites for hydroxylation is 5. The number of hydrogen-bond acceptors (Lipinski definition) is 4. The molecule has 1 aromatic heterocycles. The standard InChI is InChI=1S/C44H55ClN4/c1-4-5-7-22-47-23-8-6-13-37-14-11-16-42(33(37)2)43-17-12-15-38(34(43)3)20-21-40-27-39(19-18-35-26-36(29-46)31-48-30-35)41(28-44(40)45)32-49-24-9-10-25-49/h11-12,14-17,26-28,30-31,47H,4-10,13,18-25,32H2,1-3H3. The fourth-order valence-corrected chi connectivity index (χ4v) is 7.66. The fraction of sp³-hybridized carbons (Fsp3) is 0.455. The second-order valence-electron chi connectivity index (χ2n) is 14.0. The molecule has 4 nitrogen and oxygen atoms in total. The summed E-state index contributed by atoms with van der Waals surface area (Å²) >= 11 is 7.04. The molecule has 0 radical (unpaired) electrons. The van der Waals surface area contributed by atoms with E-state index in [1.807, 2.05) is 12.3 Å². The molecule has 5 rings (SSSR count). The number of pyridine rings is 1. The second kappa shape index (κ2) is 19.0. The van der Waals surface area contributed by atoms with Crippen LogP contribution in [0.2, 0.25) is 5.02 Å². The van der Waals surface area contributed by atoms with E-state index in [1.54, 1.807) is 6.20 Å². The molecule has 1 fully saturated rings. The minimum atomic E-state index is 0.618. The molecule has 49 heavy (non-hydrogen) atoms. The van der Waals surface area contributed by atoms with Crippen LogP contribution < -0.4 is 5.32 Å². The summed E-state index contributed by atoms with van der Waals surface area (Å²) in [5.41, 5.74) is 14.0. The molecule has 0 spiro atoms. The minimum absolute atomic E-state index is 0.618. The van der Waals surface area contributed by atoms with Crippen molar-refractivity contribution in [2.75, 3.05) is 26.2 Å². The number of nitriles is 1. The van der Waals surface area contributed by atoms with Gasteiger partial charge in [0.25, 0.3) is 0 Å². The lowest BCUT2D eigenvalue weighted by Crippen LogP contribution is -2.19. The van der Waals surface area contributed by atoms with Crippen LogP contribution in [0.25, 0.3) is 11.1 Å². The number of rotatable bonds is 18. The summed E-state index contributed by atoms with van der Waals surface area (Å²) in [6.07, 6.45) is 17.1. The van der Waals surface area contributed by atoms with Crippen LogP contribution in [0, 0.1) is 25.2 Å². The predicted octanol–water partition coefficient (Wildman–Crippen LogP) is 10.2. The van der Waals surface area contributed by atoms with Crippen molar-refractivity contribution in [3.63, 3.8) is 0 Å². The predicted molar refractivity (Wildman–Crippen MR) is 206 cm³/mol. The van der Waals surface area contributed by atoms with Crippen molar-refractivity contribution >= 4 is 11.6 Å². The molecular formula is C44H55ClN4. The highest BCUT2D eigenvalue weighted by Gasteiger charge is 2.17. The van der Waals surface area contributed by atoms with Gasteiger partial charge in [0.15, 0.2) is 0 Å². The minimum Gasteiger partial charge on any atom is -0.317 e. The zero-order chi connectivity index (χ0) is 34.4. The first-order valence-corrected chi connectivity index (χ1v) is 19.1. The zero-order valence-corrected chi connectivity index (χ0v) is 30.8. The summed E-state index contributed by atoms with van der Waals surface area (Å²) in [7, 11) is 0. The van der Waals surface area contributed by atoms with Crippen LogP contribution in [0.4, 0.5) is 0 Å². The highest BCUT2D eigenvalue weighted by molar-refractivity contribution is 6.31. The maximum absolute atomic E-state index is 9.36. The quantitative estimate of drug-likeness (QED) is 0.107. The number of hydrogen-bond donors (Lipinski definition) is 1. The van der Waals surface area contributed by atoms with Crippen molar-refractivity contribution in [3.05, 3.63) is 122 Å². The van der Waals surface area contributed by atoms with Crippen molar-refractivity contribution in [1.29, 1.82) is 5.26 Å². The third-order valence-electron chi connectivity index (χ3n) is 10.4. The Kier molecular flexibility index (Phi) is 14.3. The summed E-state index contributed by atoms with van der Waals surface area (Å²) in [4.78, 5) is 6.84. The van der Waals surface area contributed by atoms with E-state index in [-0.39, 0.29) is 0 Å². The van der Waals surface area contributed by atoms with Crippen LogP contribution in [-0.4, -0.2) is 36.1 Å². The van der Waals surface area contributed by atoms with E-state index in [0.29, 0.717) is 5.56 Å². The van der Waals surface area contributed by atoms with Gasteiger partial charge in [-0.05, 0) is 172 Å². The van der Waals surface area contributed by atoms with Crippen LogP contribution >= 0.6 is 11.6 Å². The molecule has 2 heterocycles. The highest BCUT2D eigenvalue weighted by atomic mass is 35.5. The Labute approximate surface area is 300 Å². The van der Waals surface area contributed by atoms with Gasteiger partial charge in [-0.2, -0.15) is 5.26 Å². The van der Waals surface area contributed by atoms with E-state index in [9.17, 15) is 5.26 Å². The topological polar surface area (TPSA) is 52.0 Å². The number of benzene rings is 3. The third-order valence-corrected chi connectivity index (χ3v) is 10.8. The summed E-state index contributed by atoms with van der Waals surface area (Å²) in [6.45, 7) is 12.4. The number of halogens is 1. The number of unbranched alkanes of at least 4 members (excludes halogenated alkanes) is 3. The highest BCUT2D eigenvalue weighted by Crippen LogP contribution is 2.32. The summed E-state index contributed by atoms with van der Waals surface area (Å²) in [5.74, 6) is 0. The van der Waals surface area contributed by atoms with Crippen LogP contribution in [0.3, 0.4) is 0 Å². The molecule has 5 heteroatoms. The van der Waals surface area contributed by atoms with Crippen molar-refractivity contribution in [3.8, 4) is 17.2 Å². The average molecular weight is 675 g/mol. The lowest BCUT2D eigenvalue weighted by molar-refractivity contribution is 0.330. The van der Waals surface area contributed by atoms with Crippen molar-refractivity contribution in [1.82, 2.24) is 15.2 Å². The van der Waals surface area contributed by atoms with E-state index >= 15 is 0 Å². The van der Waals surface area contributed by atoms with Gasteiger partial charge >= 0.3 is 0 Å². The smallest absolute Gasteiger partial charge is 0.101 e. The molecule has 1 aliphatic heterocycles. The summed E-state index contributed by atoms with van der Waals surface area (Å²) < 4.78 is 0. The first-order valence-electron chi connectivity index (χ1n) is 18.7. The second-order valence-corrected chi connectivity index (χ2v) is 14.4. The number of nitrogens with one attached hydrogen (secondary N) is 1. The third kappa shape index (κ3) is 10.5. The number of nitrogens with zero attached hydrogens (tertiary/aromatic N) is 3. The van der Waals surface area contributed by atoms with Gasteiger partial charge in [0, 0.05) is 24.0 Å². The SMILES string of the molecule is CCCCCNCCCCc1cccc(-c2cccc(CCc3cc(CCc4cncc(C#N)c4)c(CN4CCCC4)cc3Cl)c2C)c1C. The van der Waals surface area contributed by atoms with E-state index < -0.39 is 0 Å². The van der Waals surface area contributed by atoms with E-state index in [1.165, 1.54) is 95.0 Å². The molecule has 3 aromatic carbocycles. The van der Waals surface area contributed by atoms with E-state index in [4.69, 9.17) is 11.6 Å². The maximum atomic E-state index is 9.36. The molecule has 1 aliphatic rings. The Morgan fingerprint density at radius 1 is 0.735 bits per heavy atom. The van der Waals surface area contributed by atoms with Crippen LogP contribution in [0.15, 0.2) is 67.0 Å². The first-order chi connectivity index (χ1) is 24.0. The zero-order valence-electron chi connectivity index (χ0n) is 30.1. The Balaban J connectivity index is 1.28. The molecule has 0 amide bonds. The number of likely N-dealkylation sites (tertiary alicyclic amines) is 1. The molecule has 4 aromatic rings. The Hall–Kier alpha value is -3.49. The van der Waals surface area contributed by atoms with Gasteiger partial charge in [-0.15, -0.1) is 0 Å².